The molecule has 0 heterocycles. The van der Waals surface area contributed by atoms with Gasteiger partial charge in [-0.2, -0.15) is 0 Å². The highest BCUT2D eigenvalue weighted by Crippen LogP contribution is 1.92. The van der Waals surface area contributed by atoms with E-state index in [1.165, 1.54) is 11.8 Å². The van der Waals surface area contributed by atoms with Crippen molar-refractivity contribution >= 4 is 17.9 Å². The van der Waals surface area contributed by atoms with Gasteiger partial charge >= 0.3 is 12.0 Å². The van der Waals surface area contributed by atoms with Crippen LogP contribution in [-0.4, -0.2) is 53.6 Å². The predicted molar refractivity (Wildman–Crippen MR) is 61.6 cm³/mol. The largest absolute Gasteiger partial charge is 0.480 e. The molecule has 0 saturated carbocycles. The standard InChI is InChI=1S/C10H19N3O4/c1-4-11-8(14)6-13(5-2)10(17)12-7(3)9(15)16/h7H,4-6H2,1-3H3,(H,11,14)(H,12,17)(H,15,16). The summed E-state index contributed by atoms with van der Waals surface area (Å²) in [4.78, 5) is 34.7. The first-order valence-corrected chi connectivity index (χ1v) is 5.47. The van der Waals surface area contributed by atoms with Crippen molar-refractivity contribution in [1.29, 1.82) is 0 Å². The van der Waals surface area contributed by atoms with Gasteiger partial charge in [-0.15, -0.1) is 0 Å². The second-order valence-electron chi connectivity index (χ2n) is 3.48. The van der Waals surface area contributed by atoms with Crippen LogP contribution in [0.4, 0.5) is 4.79 Å². The lowest BCUT2D eigenvalue weighted by Gasteiger charge is -2.22. The molecule has 1 atom stereocenters. The van der Waals surface area contributed by atoms with Crippen molar-refractivity contribution in [2.45, 2.75) is 26.8 Å². The van der Waals surface area contributed by atoms with E-state index in [1.54, 1.807) is 13.8 Å². The normalized spacial score (nSPS) is 11.5. The zero-order chi connectivity index (χ0) is 13.4. The number of amides is 3. The molecule has 7 nitrogen and oxygen atoms in total. The third-order valence-electron chi connectivity index (χ3n) is 2.09. The summed E-state index contributed by atoms with van der Waals surface area (Å²) in [5.41, 5.74) is 0. The van der Waals surface area contributed by atoms with Gasteiger partial charge in [0.15, 0.2) is 0 Å². The molecule has 0 aromatic carbocycles. The van der Waals surface area contributed by atoms with Crippen LogP contribution in [-0.2, 0) is 9.59 Å². The third kappa shape index (κ3) is 5.74. The number of nitrogens with zero attached hydrogens (tertiary/aromatic N) is 1. The van der Waals surface area contributed by atoms with Crippen LogP contribution < -0.4 is 10.6 Å². The lowest BCUT2D eigenvalue weighted by molar-refractivity contribution is -0.138. The molecule has 0 aliphatic heterocycles. The number of aliphatic carboxylic acids is 1. The molecule has 0 rings (SSSR count). The molecule has 0 bridgehead atoms. The maximum Gasteiger partial charge on any atom is 0.325 e. The van der Waals surface area contributed by atoms with Crippen molar-refractivity contribution in [2.24, 2.45) is 0 Å². The van der Waals surface area contributed by atoms with Crippen LogP contribution in [0.1, 0.15) is 20.8 Å². The molecule has 7 heteroatoms. The van der Waals surface area contributed by atoms with Crippen LogP contribution >= 0.6 is 0 Å². The summed E-state index contributed by atoms with van der Waals surface area (Å²) in [6.45, 7) is 5.59. The summed E-state index contributed by atoms with van der Waals surface area (Å²) in [6.07, 6.45) is 0. The van der Waals surface area contributed by atoms with E-state index in [-0.39, 0.29) is 12.5 Å². The summed E-state index contributed by atoms with van der Waals surface area (Å²) in [7, 11) is 0. The minimum absolute atomic E-state index is 0.0808. The predicted octanol–water partition coefficient (Wildman–Crippen LogP) is -0.373. The Labute approximate surface area is 100 Å². The number of urea groups is 1. The van der Waals surface area contributed by atoms with E-state index in [0.717, 1.165) is 0 Å². The van der Waals surface area contributed by atoms with E-state index < -0.39 is 18.0 Å². The molecule has 0 radical (unpaired) electrons. The fourth-order valence-electron chi connectivity index (χ4n) is 1.09. The Hall–Kier alpha value is -1.79. The summed E-state index contributed by atoms with van der Waals surface area (Å²) in [6, 6.07) is -1.54. The molecular formula is C10H19N3O4. The number of carboxylic acids is 1. The number of carbonyl (C=O) groups excluding carboxylic acids is 2. The van der Waals surface area contributed by atoms with Crippen LogP contribution in [0.25, 0.3) is 0 Å². The summed E-state index contributed by atoms with van der Waals surface area (Å²) in [5, 5.41) is 13.5. The van der Waals surface area contributed by atoms with E-state index in [4.69, 9.17) is 5.11 Å². The minimum Gasteiger partial charge on any atom is -0.480 e. The summed E-state index contributed by atoms with van der Waals surface area (Å²) < 4.78 is 0. The summed E-state index contributed by atoms with van der Waals surface area (Å²) in [5.74, 6) is -1.39. The molecule has 3 amide bonds. The van der Waals surface area contributed by atoms with Gasteiger partial charge in [-0.05, 0) is 20.8 Å². The van der Waals surface area contributed by atoms with Crippen LogP contribution in [0.3, 0.4) is 0 Å². The van der Waals surface area contributed by atoms with Gasteiger partial charge in [0.25, 0.3) is 0 Å². The smallest absolute Gasteiger partial charge is 0.325 e. The fourth-order valence-corrected chi connectivity index (χ4v) is 1.09. The highest BCUT2D eigenvalue weighted by atomic mass is 16.4. The van der Waals surface area contributed by atoms with Gasteiger partial charge in [-0.3, -0.25) is 9.59 Å². The van der Waals surface area contributed by atoms with Crippen molar-refractivity contribution in [2.75, 3.05) is 19.6 Å². The van der Waals surface area contributed by atoms with Gasteiger partial charge in [0.1, 0.15) is 12.6 Å². The first-order chi connectivity index (χ1) is 7.92. The number of hydrogen-bond donors (Lipinski definition) is 3. The Balaban J connectivity index is 4.30. The number of hydrogen-bond acceptors (Lipinski definition) is 3. The van der Waals surface area contributed by atoms with Gasteiger partial charge in [0.2, 0.25) is 5.91 Å². The van der Waals surface area contributed by atoms with E-state index in [0.29, 0.717) is 13.1 Å². The Bertz CT molecular complexity index is 293. The van der Waals surface area contributed by atoms with Gasteiger partial charge in [0, 0.05) is 13.1 Å². The fraction of sp³-hybridized carbons (Fsp3) is 0.700. The Morgan fingerprint density at radius 2 is 1.88 bits per heavy atom. The molecular weight excluding hydrogens is 226 g/mol. The lowest BCUT2D eigenvalue weighted by atomic mass is 10.3. The van der Waals surface area contributed by atoms with E-state index in [9.17, 15) is 14.4 Å². The van der Waals surface area contributed by atoms with Crippen molar-refractivity contribution < 1.29 is 19.5 Å². The van der Waals surface area contributed by atoms with Crippen molar-refractivity contribution in [3.05, 3.63) is 0 Å². The monoisotopic (exact) mass is 245 g/mol. The average Bonchev–Trinajstić information content (AvgIpc) is 2.25. The molecule has 1 unspecified atom stereocenters. The van der Waals surface area contributed by atoms with Crippen molar-refractivity contribution in [1.82, 2.24) is 15.5 Å². The van der Waals surface area contributed by atoms with Crippen LogP contribution in [0.15, 0.2) is 0 Å². The maximum atomic E-state index is 11.6. The minimum atomic E-state index is -1.12. The SMILES string of the molecule is CCNC(=O)CN(CC)C(=O)NC(C)C(=O)O. The number of rotatable bonds is 6. The molecule has 0 aromatic rings. The topological polar surface area (TPSA) is 98.7 Å². The van der Waals surface area contributed by atoms with Crippen molar-refractivity contribution in [3.63, 3.8) is 0 Å². The van der Waals surface area contributed by atoms with E-state index >= 15 is 0 Å². The molecule has 17 heavy (non-hydrogen) atoms. The maximum absolute atomic E-state index is 11.6. The lowest BCUT2D eigenvalue weighted by Crippen LogP contribution is -2.49. The number of likely N-dealkylation sites (N-methyl/N-ethyl adjacent to an activating group) is 2. The first kappa shape index (κ1) is 15.2. The zero-order valence-electron chi connectivity index (χ0n) is 10.3. The Morgan fingerprint density at radius 3 is 2.29 bits per heavy atom. The zero-order valence-corrected chi connectivity index (χ0v) is 10.3. The highest BCUT2D eigenvalue weighted by Gasteiger charge is 2.19. The van der Waals surface area contributed by atoms with Crippen LogP contribution in [0.5, 0.6) is 0 Å². The van der Waals surface area contributed by atoms with Crippen LogP contribution in [0, 0.1) is 0 Å². The molecule has 3 N–H and O–H groups in total. The van der Waals surface area contributed by atoms with E-state index in [2.05, 4.69) is 10.6 Å². The molecule has 0 aliphatic rings. The molecule has 0 aromatic heterocycles. The van der Waals surface area contributed by atoms with Gasteiger partial charge in [0.05, 0.1) is 0 Å². The van der Waals surface area contributed by atoms with Gasteiger partial charge < -0.3 is 20.6 Å². The molecule has 98 valence electrons. The Kier molecular flexibility index (Phi) is 6.69. The molecule has 0 aliphatic carbocycles. The van der Waals surface area contributed by atoms with Gasteiger partial charge in [-0.25, -0.2) is 4.79 Å². The number of carboxylic acid groups (broad SMARTS) is 1. The quantitative estimate of drug-likeness (QED) is 0.594. The average molecular weight is 245 g/mol. The molecule has 0 fully saturated rings. The van der Waals surface area contributed by atoms with Crippen LogP contribution in [0.2, 0.25) is 0 Å². The number of nitrogens with one attached hydrogen (secondary N) is 2. The van der Waals surface area contributed by atoms with Crippen molar-refractivity contribution in [3.8, 4) is 0 Å². The third-order valence-corrected chi connectivity index (χ3v) is 2.09. The molecule has 0 spiro atoms. The first-order valence-electron chi connectivity index (χ1n) is 5.47. The highest BCUT2D eigenvalue weighted by molar-refractivity contribution is 5.86. The second-order valence-corrected chi connectivity index (χ2v) is 3.48. The van der Waals surface area contributed by atoms with Gasteiger partial charge in [-0.1, -0.05) is 0 Å². The molecule has 0 saturated heterocycles. The summed E-state index contributed by atoms with van der Waals surface area (Å²) >= 11 is 0. The Morgan fingerprint density at radius 1 is 1.29 bits per heavy atom. The van der Waals surface area contributed by atoms with E-state index in [1.807, 2.05) is 0 Å². The second kappa shape index (κ2) is 7.48. The number of carbonyl (C=O) groups is 3.